The molecule has 2 aromatic carbocycles. The molecule has 120 valence electrons. The van der Waals surface area contributed by atoms with E-state index in [9.17, 15) is 9.90 Å². The molecule has 0 saturated carbocycles. The lowest BCUT2D eigenvalue weighted by Crippen LogP contribution is -2.20. The first-order valence-electron chi connectivity index (χ1n) is 6.96. The van der Waals surface area contributed by atoms with E-state index in [0.29, 0.717) is 11.3 Å². The van der Waals surface area contributed by atoms with Crippen LogP contribution in [0, 0.1) is 13.8 Å². The molecule has 0 spiro atoms. The fraction of sp³-hybridized carbons (Fsp3) is 0.176. The van der Waals surface area contributed by atoms with Crippen molar-refractivity contribution in [3.8, 4) is 11.5 Å². The lowest BCUT2D eigenvalue weighted by atomic mass is 10.1. The van der Waals surface area contributed by atoms with Crippen LogP contribution in [0.15, 0.2) is 41.4 Å². The summed E-state index contributed by atoms with van der Waals surface area (Å²) in [5, 5.41) is 9.76. The third-order valence-corrected chi connectivity index (χ3v) is 3.37. The molecule has 23 heavy (non-hydrogen) atoms. The van der Waals surface area contributed by atoms with Crippen molar-refractivity contribution >= 4 is 30.8 Å². The highest BCUT2D eigenvalue weighted by molar-refractivity contribution is 7.78. The molecule has 6 heteroatoms. The van der Waals surface area contributed by atoms with Gasteiger partial charge >= 0.3 is 6.09 Å². The normalized spacial score (nSPS) is 10.8. The van der Waals surface area contributed by atoms with E-state index in [1.54, 1.807) is 36.5 Å². The monoisotopic (exact) mass is 330 g/mol. The van der Waals surface area contributed by atoms with Crippen LogP contribution in [-0.2, 0) is 0 Å². The van der Waals surface area contributed by atoms with Gasteiger partial charge in [-0.1, -0.05) is 24.9 Å². The Labute approximate surface area is 140 Å². The number of para-hydroxylation sites is 1. The van der Waals surface area contributed by atoms with E-state index < -0.39 is 6.09 Å². The predicted octanol–water partition coefficient (Wildman–Crippen LogP) is 4.04. The van der Waals surface area contributed by atoms with Gasteiger partial charge in [0, 0.05) is 18.8 Å². The standard InChI is InChI=1S/C17H18N2O3S/c1-11-8-14(22-17(21)19(3)23)9-12(2)16(11)18-10-13-6-4-5-7-15(13)20/h4-10,20,23H,1-3H3. The highest BCUT2D eigenvalue weighted by Gasteiger charge is 2.11. The number of phenolic OH excluding ortho intramolecular Hbond substituents is 1. The first-order chi connectivity index (χ1) is 10.9. The molecule has 2 rings (SSSR count). The number of thiol groups is 1. The molecule has 0 aliphatic rings. The minimum atomic E-state index is -0.558. The molecule has 0 unspecified atom stereocenters. The highest BCUT2D eigenvalue weighted by Crippen LogP contribution is 2.29. The maximum absolute atomic E-state index is 11.5. The molecule has 0 saturated heterocycles. The highest BCUT2D eigenvalue weighted by atomic mass is 32.1. The molecule has 5 nitrogen and oxygen atoms in total. The van der Waals surface area contributed by atoms with Gasteiger partial charge in [-0.05, 0) is 49.2 Å². The van der Waals surface area contributed by atoms with Crippen LogP contribution in [-0.4, -0.2) is 28.8 Å². The molecule has 0 aliphatic carbocycles. The lowest BCUT2D eigenvalue weighted by molar-refractivity contribution is 0.187. The summed E-state index contributed by atoms with van der Waals surface area (Å²) in [5.74, 6) is 0.612. The Morgan fingerprint density at radius 3 is 2.43 bits per heavy atom. The second kappa shape index (κ2) is 7.19. The summed E-state index contributed by atoms with van der Waals surface area (Å²) >= 11 is 3.89. The van der Waals surface area contributed by atoms with Gasteiger partial charge in [0.05, 0.1) is 5.69 Å². The van der Waals surface area contributed by atoms with Gasteiger partial charge in [0.2, 0.25) is 0 Å². The van der Waals surface area contributed by atoms with E-state index in [1.165, 1.54) is 7.05 Å². The molecule has 0 aromatic heterocycles. The average Bonchev–Trinajstić information content (AvgIpc) is 2.48. The summed E-state index contributed by atoms with van der Waals surface area (Å²) in [6, 6.07) is 10.4. The number of nitrogens with zero attached hydrogens (tertiary/aromatic N) is 2. The third kappa shape index (κ3) is 4.26. The quantitative estimate of drug-likeness (QED) is 0.659. The smallest absolute Gasteiger partial charge is 0.424 e. The van der Waals surface area contributed by atoms with Gasteiger partial charge in [-0.2, -0.15) is 0 Å². The van der Waals surface area contributed by atoms with Gasteiger partial charge in [-0.3, -0.25) is 9.30 Å². The molecular formula is C17H18N2O3S. The molecule has 0 fully saturated rings. The molecule has 0 radical (unpaired) electrons. The number of hydrogen-bond acceptors (Lipinski definition) is 5. The summed E-state index contributed by atoms with van der Waals surface area (Å²) in [5.41, 5.74) is 3.13. The zero-order valence-corrected chi connectivity index (χ0v) is 14.0. The summed E-state index contributed by atoms with van der Waals surface area (Å²) in [6.45, 7) is 3.76. The van der Waals surface area contributed by atoms with Gasteiger partial charge < -0.3 is 9.84 Å². The number of hydrogen-bond donors (Lipinski definition) is 2. The molecule has 2 aromatic rings. The number of aryl methyl sites for hydroxylation is 2. The topological polar surface area (TPSA) is 62.1 Å². The first kappa shape index (κ1) is 16.9. The van der Waals surface area contributed by atoms with E-state index in [4.69, 9.17) is 4.74 Å². The van der Waals surface area contributed by atoms with Crippen molar-refractivity contribution in [1.82, 2.24) is 4.31 Å². The van der Waals surface area contributed by atoms with E-state index in [2.05, 4.69) is 17.8 Å². The van der Waals surface area contributed by atoms with Crippen LogP contribution >= 0.6 is 12.8 Å². The zero-order chi connectivity index (χ0) is 17.0. The molecule has 1 N–H and O–H groups in total. The number of aromatic hydroxyl groups is 1. The average molecular weight is 330 g/mol. The van der Waals surface area contributed by atoms with Crippen LogP contribution in [0.5, 0.6) is 11.5 Å². The van der Waals surface area contributed by atoms with Crippen LogP contribution in [0.1, 0.15) is 16.7 Å². The number of phenols is 1. The minimum Gasteiger partial charge on any atom is -0.507 e. The molecule has 0 atom stereocenters. The Morgan fingerprint density at radius 2 is 1.87 bits per heavy atom. The number of ether oxygens (including phenoxy) is 1. The van der Waals surface area contributed by atoms with Crippen LogP contribution in [0.3, 0.4) is 0 Å². The number of carbonyl (C=O) groups excluding carboxylic acids is 1. The zero-order valence-electron chi connectivity index (χ0n) is 13.1. The van der Waals surface area contributed by atoms with Crippen molar-refractivity contribution in [3.05, 3.63) is 53.1 Å². The maximum Gasteiger partial charge on any atom is 0.424 e. The number of benzene rings is 2. The van der Waals surface area contributed by atoms with Crippen LogP contribution in [0.4, 0.5) is 10.5 Å². The molecule has 0 heterocycles. The molecule has 0 aliphatic heterocycles. The largest absolute Gasteiger partial charge is 0.507 e. The molecule has 0 bridgehead atoms. The van der Waals surface area contributed by atoms with Gasteiger partial charge in [0.25, 0.3) is 0 Å². The van der Waals surface area contributed by atoms with Crippen molar-refractivity contribution in [1.29, 1.82) is 0 Å². The summed E-state index contributed by atoms with van der Waals surface area (Å²) in [6.07, 6.45) is 1.05. The predicted molar refractivity (Wildman–Crippen MR) is 94.0 cm³/mol. The lowest BCUT2D eigenvalue weighted by Gasteiger charge is -2.12. The van der Waals surface area contributed by atoms with Gasteiger partial charge in [0.15, 0.2) is 0 Å². The Hall–Kier alpha value is -2.47. The van der Waals surface area contributed by atoms with Crippen molar-refractivity contribution in [2.75, 3.05) is 7.05 Å². The second-order valence-electron chi connectivity index (χ2n) is 5.11. The number of aliphatic imine (C=N–C) groups is 1. The Bertz CT molecular complexity index is 734. The van der Waals surface area contributed by atoms with E-state index >= 15 is 0 Å². The fourth-order valence-electron chi connectivity index (χ4n) is 2.08. The van der Waals surface area contributed by atoms with E-state index in [-0.39, 0.29) is 5.75 Å². The van der Waals surface area contributed by atoms with Crippen molar-refractivity contribution < 1.29 is 14.6 Å². The molecular weight excluding hydrogens is 312 g/mol. The Morgan fingerprint density at radius 1 is 1.26 bits per heavy atom. The molecule has 1 amide bonds. The van der Waals surface area contributed by atoms with Gasteiger partial charge in [0.1, 0.15) is 11.5 Å². The summed E-state index contributed by atoms with van der Waals surface area (Å²) in [4.78, 5) is 16.0. The second-order valence-corrected chi connectivity index (χ2v) is 5.71. The van der Waals surface area contributed by atoms with Crippen LogP contribution in [0.25, 0.3) is 0 Å². The minimum absolute atomic E-state index is 0.175. The third-order valence-electron chi connectivity index (χ3n) is 3.20. The van der Waals surface area contributed by atoms with E-state index in [0.717, 1.165) is 21.1 Å². The number of carbonyl (C=O) groups is 1. The number of rotatable bonds is 3. The van der Waals surface area contributed by atoms with E-state index in [1.807, 2.05) is 19.9 Å². The first-order valence-corrected chi connectivity index (χ1v) is 7.36. The van der Waals surface area contributed by atoms with Crippen molar-refractivity contribution in [3.63, 3.8) is 0 Å². The van der Waals surface area contributed by atoms with Gasteiger partial charge in [-0.25, -0.2) is 4.79 Å². The van der Waals surface area contributed by atoms with Crippen LogP contribution < -0.4 is 4.74 Å². The van der Waals surface area contributed by atoms with Crippen LogP contribution in [0.2, 0.25) is 0 Å². The Kier molecular flexibility index (Phi) is 5.28. The fourth-order valence-corrected chi connectivity index (χ4v) is 2.12. The summed E-state index contributed by atoms with van der Waals surface area (Å²) < 4.78 is 6.26. The van der Waals surface area contributed by atoms with Gasteiger partial charge in [-0.15, -0.1) is 0 Å². The summed E-state index contributed by atoms with van der Waals surface area (Å²) in [7, 11) is 1.50. The Balaban J connectivity index is 2.27. The van der Waals surface area contributed by atoms with Crippen molar-refractivity contribution in [2.45, 2.75) is 13.8 Å². The SMILES string of the molecule is Cc1cc(OC(=O)N(C)S)cc(C)c1N=Cc1ccccc1O. The van der Waals surface area contributed by atoms with Crippen molar-refractivity contribution in [2.24, 2.45) is 4.99 Å². The maximum atomic E-state index is 11.5. The number of amides is 1.